The molecule has 0 spiro atoms. The van der Waals surface area contributed by atoms with Gasteiger partial charge in [0.2, 0.25) is 0 Å². The van der Waals surface area contributed by atoms with Crippen LogP contribution in [-0.4, -0.2) is 31.9 Å². The first kappa shape index (κ1) is 20.3. The lowest BCUT2D eigenvalue weighted by Gasteiger charge is -2.48. The molecule has 0 aromatic heterocycles. The van der Waals surface area contributed by atoms with Crippen LogP contribution in [0.1, 0.15) is 41.5 Å². The van der Waals surface area contributed by atoms with E-state index in [2.05, 4.69) is 83.1 Å². The van der Waals surface area contributed by atoms with Crippen molar-refractivity contribution in [3.05, 3.63) is 60.7 Å². The van der Waals surface area contributed by atoms with Crippen LogP contribution in [0.4, 0.5) is 0 Å². The molecule has 1 saturated heterocycles. The minimum absolute atomic E-state index is 0.134. The second-order valence-corrected chi connectivity index (χ2v) is 13.7. The maximum atomic E-state index is 11.0. The van der Waals surface area contributed by atoms with Crippen molar-refractivity contribution in [1.82, 2.24) is 0 Å². The fraction of sp³-hybridized carbons (Fsp3) is 0.478. The van der Waals surface area contributed by atoms with Gasteiger partial charge in [-0.3, -0.25) is 0 Å². The summed E-state index contributed by atoms with van der Waals surface area (Å²) in [6.07, 6.45) is -0.420. The Labute approximate surface area is 164 Å². The molecule has 2 atom stereocenters. The fourth-order valence-corrected chi connectivity index (χ4v) is 9.25. The van der Waals surface area contributed by atoms with Gasteiger partial charge in [-0.15, -0.1) is 0 Å². The third-order valence-electron chi connectivity index (χ3n) is 5.64. The number of hydrogen-bond donors (Lipinski definition) is 1. The third kappa shape index (κ3) is 3.52. The lowest BCUT2D eigenvalue weighted by molar-refractivity contribution is -0.197. The highest BCUT2D eigenvalue weighted by atomic mass is 28.4. The van der Waals surface area contributed by atoms with E-state index in [1.165, 1.54) is 10.4 Å². The summed E-state index contributed by atoms with van der Waals surface area (Å²) in [5.41, 5.74) is -0.281. The van der Waals surface area contributed by atoms with E-state index in [1.54, 1.807) is 6.92 Å². The van der Waals surface area contributed by atoms with E-state index < -0.39 is 20.2 Å². The molecule has 0 bridgehead atoms. The number of ether oxygens (including phenoxy) is 1. The lowest BCUT2D eigenvalue weighted by atomic mass is 9.86. The summed E-state index contributed by atoms with van der Waals surface area (Å²) in [6.45, 7) is 13.2. The molecule has 0 amide bonds. The van der Waals surface area contributed by atoms with Crippen LogP contribution in [0.5, 0.6) is 0 Å². The van der Waals surface area contributed by atoms with Gasteiger partial charge in [0, 0.05) is 5.41 Å². The molecule has 0 radical (unpaired) electrons. The standard InChI is InChI=1S/C23H32O3Si/c1-21(2,3)27(18-13-9-7-10-14-18,19-15-11-8-12-16-19)26-20-22(4,5)17-25-23(20,6)24/h7-16,20,24H,17H2,1-6H3/t20-,23?/m1/s1. The first-order chi connectivity index (χ1) is 12.5. The summed E-state index contributed by atoms with van der Waals surface area (Å²) < 4.78 is 12.9. The summed E-state index contributed by atoms with van der Waals surface area (Å²) in [5.74, 6) is -1.31. The zero-order valence-corrected chi connectivity index (χ0v) is 18.3. The molecule has 1 N–H and O–H groups in total. The molecular formula is C23H32O3Si. The number of benzene rings is 2. The van der Waals surface area contributed by atoms with E-state index in [1.807, 2.05) is 12.1 Å². The Morgan fingerprint density at radius 1 is 0.926 bits per heavy atom. The fourth-order valence-electron chi connectivity index (χ4n) is 4.35. The van der Waals surface area contributed by atoms with Gasteiger partial charge in [0.05, 0.1) is 6.61 Å². The average molecular weight is 385 g/mol. The quantitative estimate of drug-likeness (QED) is 0.817. The summed E-state index contributed by atoms with van der Waals surface area (Å²) >= 11 is 0. The van der Waals surface area contributed by atoms with Crippen molar-refractivity contribution < 1.29 is 14.3 Å². The molecule has 1 fully saturated rings. The van der Waals surface area contributed by atoms with Crippen LogP contribution >= 0.6 is 0 Å². The van der Waals surface area contributed by atoms with Crippen molar-refractivity contribution in [2.45, 2.75) is 58.5 Å². The predicted octanol–water partition coefficient (Wildman–Crippen LogP) is 3.70. The molecule has 0 saturated carbocycles. The topological polar surface area (TPSA) is 38.7 Å². The van der Waals surface area contributed by atoms with E-state index in [0.29, 0.717) is 6.61 Å². The van der Waals surface area contributed by atoms with Crippen molar-refractivity contribution in [2.75, 3.05) is 6.61 Å². The SMILES string of the molecule is CC1(C)COC(C)(O)[C@@H]1O[Si](c1ccccc1)(c1ccccc1)C(C)(C)C. The molecule has 2 aromatic rings. The molecule has 2 aromatic carbocycles. The van der Waals surface area contributed by atoms with Gasteiger partial charge in [-0.1, -0.05) is 95.3 Å². The largest absolute Gasteiger partial charge is 0.398 e. The number of hydrogen-bond acceptors (Lipinski definition) is 3. The van der Waals surface area contributed by atoms with Gasteiger partial charge in [0.25, 0.3) is 8.32 Å². The van der Waals surface area contributed by atoms with Crippen molar-refractivity contribution in [2.24, 2.45) is 5.41 Å². The van der Waals surface area contributed by atoms with Gasteiger partial charge in [0.15, 0.2) is 5.79 Å². The van der Waals surface area contributed by atoms with Crippen molar-refractivity contribution in [1.29, 1.82) is 0 Å². The van der Waals surface area contributed by atoms with E-state index in [4.69, 9.17) is 9.16 Å². The van der Waals surface area contributed by atoms with Crippen LogP contribution in [-0.2, 0) is 9.16 Å². The normalized spacial score (nSPS) is 25.5. The van der Waals surface area contributed by atoms with Crippen LogP contribution in [0, 0.1) is 5.41 Å². The van der Waals surface area contributed by atoms with E-state index in [-0.39, 0.29) is 10.5 Å². The number of rotatable bonds is 4. The van der Waals surface area contributed by atoms with Gasteiger partial charge in [-0.2, -0.15) is 0 Å². The second kappa shape index (κ2) is 6.85. The van der Waals surface area contributed by atoms with E-state index in [0.717, 1.165) is 0 Å². The Hall–Kier alpha value is -1.46. The third-order valence-corrected chi connectivity index (χ3v) is 10.6. The van der Waals surface area contributed by atoms with Gasteiger partial charge in [-0.05, 0) is 22.3 Å². The van der Waals surface area contributed by atoms with Crippen LogP contribution < -0.4 is 10.4 Å². The van der Waals surface area contributed by atoms with Crippen LogP contribution in [0.15, 0.2) is 60.7 Å². The first-order valence-electron chi connectivity index (χ1n) is 9.66. The zero-order chi connectivity index (χ0) is 19.9. The summed E-state index contributed by atoms with van der Waals surface area (Å²) in [4.78, 5) is 0. The number of aliphatic hydroxyl groups is 1. The molecule has 27 heavy (non-hydrogen) atoms. The smallest absolute Gasteiger partial charge is 0.261 e. The highest BCUT2D eigenvalue weighted by Gasteiger charge is 2.59. The van der Waals surface area contributed by atoms with Crippen LogP contribution in [0.25, 0.3) is 0 Å². The summed E-state index contributed by atoms with van der Waals surface area (Å²) in [5, 5.41) is 13.3. The maximum absolute atomic E-state index is 11.0. The van der Waals surface area contributed by atoms with Crippen molar-refractivity contribution in [3.63, 3.8) is 0 Å². The molecule has 1 aliphatic rings. The summed E-state index contributed by atoms with van der Waals surface area (Å²) in [6, 6.07) is 21.0. The molecule has 3 nitrogen and oxygen atoms in total. The average Bonchev–Trinajstić information content (AvgIpc) is 2.81. The summed E-state index contributed by atoms with van der Waals surface area (Å²) in [7, 11) is -2.73. The minimum atomic E-state index is -2.73. The van der Waals surface area contributed by atoms with Crippen LogP contribution in [0.2, 0.25) is 5.04 Å². The Kier molecular flexibility index (Phi) is 5.15. The van der Waals surface area contributed by atoms with Gasteiger partial charge >= 0.3 is 0 Å². The Balaban J connectivity index is 2.24. The molecule has 0 aliphatic carbocycles. The highest BCUT2D eigenvalue weighted by molar-refractivity contribution is 6.99. The van der Waals surface area contributed by atoms with Gasteiger partial charge in [0.1, 0.15) is 6.10 Å². The van der Waals surface area contributed by atoms with Crippen LogP contribution in [0.3, 0.4) is 0 Å². The highest BCUT2D eigenvalue weighted by Crippen LogP contribution is 2.45. The maximum Gasteiger partial charge on any atom is 0.261 e. The van der Waals surface area contributed by atoms with Crippen molar-refractivity contribution in [3.8, 4) is 0 Å². The van der Waals surface area contributed by atoms with Gasteiger partial charge < -0.3 is 14.3 Å². The van der Waals surface area contributed by atoms with Gasteiger partial charge in [-0.25, -0.2) is 0 Å². The Morgan fingerprint density at radius 3 is 1.70 bits per heavy atom. The first-order valence-corrected chi connectivity index (χ1v) is 11.6. The lowest BCUT2D eigenvalue weighted by Crippen LogP contribution is -2.70. The van der Waals surface area contributed by atoms with E-state index >= 15 is 0 Å². The molecule has 3 rings (SSSR count). The Morgan fingerprint density at radius 2 is 1.37 bits per heavy atom. The predicted molar refractivity (Wildman–Crippen MR) is 113 cm³/mol. The van der Waals surface area contributed by atoms with Crippen molar-refractivity contribution >= 4 is 18.7 Å². The minimum Gasteiger partial charge on any atom is -0.398 e. The molecule has 1 unspecified atom stereocenters. The monoisotopic (exact) mass is 384 g/mol. The molecule has 146 valence electrons. The Bertz CT molecular complexity index is 708. The molecular weight excluding hydrogens is 352 g/mol. The second-order valence-electron chi connectivity index (χ2n) is 9.49. The van der Waals surface area contributed by atoms with E-state index in [9.17, 15) is 5.11 Å². The molecule has 4 heteroatoms. The molecule has 1 heterocycles. The molecule has 1 aliphatic heterocycles. The zero-order valence-electron chi connectivity index (χ0n) is 17.3.